The van der Waals surface area contributed by atoms with Crippen molar-refractivity contribution in [1.82, 2.24) is 0 Å². The molecule has 0 saturated heterocycles. The lowest BCUT2D eigenvalue weighted by atomic mass is 10.2. The fourth-order valence-electron chi connectivity index (χ4n) is 0.758. The summed E-state index contributed by atoms with van der Waals surface area (Å²) in [6.07, 6.45) is 1.56. The van der Waals surface area contributed by atoms with E-state index in [0.29, 0.717) is 17.9 Å². The van der Waals surface area contributed by atoms with Crippen LogP contribution in [0.3, 0.4) is 0 Å². The molecule has 0 N–H and O–H groups in total. The van der Waals surface area contributed by atoms with E-state index >= 15 is 0 Å². The first-order chi connectivity index (χ1) is 6.54. The maximum Gasteiger partial charge on any atom is 0.335 e. The number of carbonyl (C=O) groups is 1. The maximum atomic E-state index is 11.2. The molecule has 4 heteroatoms. The van der Waals surface area contributed by atoms with Gasteiger partial charge in [0.1, 0.15) is 0 Å². The molecule has 14 heavy (non-hydrogen) atoms. The van der Waals surface area contributed by atoms with Gasteiger partial charge in [0.05, 0.1) is 22.9 Å². The molecule has 78 valence electrons. The maximum absolute atomic E-state index is 11.2. The van der Waals surface area contributed by atoms with Crippen LogP contribution in [0, 0.1) is 0 Å². The first-order valence-electron chi connectivity index (χ1n) is 4.26. The van der Waals surface area contributed by atoms with E-state index in [9.17, 15) is 4.79 Å². The summed E-state index contributed by atoms with van der Waals surface area (Å²) in [5, 5.41) is 0.238. The lowest BCUT2D eigenvalue weighted by Gasteiger charge is -2.04. The number of aliphatic imine (C=N–C) groups is 1. The number of nitrogens with zero attached hydrogens (tertiary/aromatic N) is 1. The molecule has 0 saturated carbocycles. The summed E-state index contributed by atoms with van der Waals surface area (Å²) in [4.78, 5) is 15.1. The van der Waals surface area contributed by atoms with Gasteiger partial charge >= 0.3 is 5.97 Å². The van der Waals surface area contributed by atoms with Gasteiger partial charge in [-0.1, -0.05) is 18.2 Å². The van der Waals surface area contributed by atoms with Crippen molar-refractivity contribution in [2.45, 2.75) is 20.8 Å². The number of halogens is 1. The van der Waals surface area contributed by atoms with E-state index in [-0.39, 0.29) is 5.03 Å². The summed E-state index contributed by atoms with van der Waals surface area (Å²) >= 11 is 5.86. The average Bonchev–Trinajstić information content (AvgIpc) is 2.16. The number of carbonyl (C=O) groups excluding carboxylic acids is 1. The molecule has 0 spiro atoms. The third-order valence-electron chi connectivity index (χ3n) is 1.45. The van der Waals surface area contributed by atoms with Crippen molar-refractivity contribution in [1.29, 1.82) is 0 Å². The molecule has 0 fully saturated rings. The second kappa shape index (κ2) is 6.38. The molecule has 3 nitrogen and oxygen atoms in total. The van der Waals surface area contributed by atoms with Gasteiger partial charge in [0.15, 0.2) is 0 Å². The van der Waals surface area contributed by atoms with E-state index < -0.39 is 5.97 Å². The summed E-state index contributed by atoms with van der Waals surface area (Å²) in [5.74, 6) is -0.440. The largest absolute Gasteiger partial charge is 0.463 e. The Morgan fingerprint density at radius 2 is 2.21 bits per heavy atom. The van der Waals surface area contributed by atoms with Crippen molar-refractivity contribution >= 4 is 23.8 Å². The summed E-state index contributed by atoms with van der Waals surface area (Å²) in [6, 6.07) is 0. The van der Waals surface area contributed by atoms with Gasteiger partial charge in [-0.15, -0.1) is 0 Å². The van der Waals surface area contributed by atoms with Crippen LogP contribution in [-0.4, -0.2) is 18.8 Å². The van der Waals surface area contributed by atoms with Crippen molar-refractivity contribution in [2.75, 3.05) is 6.61 Å². The van der Waals surface area contributed by atoms with Crippen LogP contribution in [0.15, 0.2) is 27.9 Å². The van der Waals surface area contributed by atoms with Crippen LogP contribution in [0.1, 0.15) is 20.8 Å². The molecule has 0 aromatic rings. The molecule has 0 unspecified atom stereocenters. The van der Waals surface area contributed by atoms with Gasteiger partial charge in [-0.05, 0) is 20.8 Å². The van der Waals surface area contributed by atoms with Gasteiger partial charge in [-0.25, -0.2) is 4.79 Å². The van der Waals surface area contributed by atoms with Gasteiger partial charge in [0.2, 0.25) is 0 Å². The average molecular weight is 216 g/mol. The second-order valence-electron chi connectivity index (χ2n) is 2.49. The molecule has 0 atom stereocenters. The van der Waals surface area contributed by atoms with Crippen molar-refractivity contribution < 1.29 is 9.53 Å². The summed E-state index contributed by atoms with van der Waals surface area (Å²) in [7, 11) is 0. The molecule has 0 rings (SSSR count). The van der Waals surface area contributed by atoms with E-state index in [1.54, 1.807) is 27.0 Å². The van der Waals surface area contributed by atoms with Gasteiger partial charge in [0.25, 0.3) is 0 Å². The summed E-state index contributed by atoms with van der Waals surface area (Å²) < 4.78 is 4.78. The number of hydrogen-bond acceptors (Lipinski definition) is 3. The number of allylic oxidation sites excluding steroid dienone is 1. The first-order valence-corrected chi connectivity index (χ1v) is 4.63. The number of ether oxygens (including phenoxy) is 1. The van der Waals surface area contributed by atoms with Crippen LogP contribution in [-0.2, 0) is 9.53 Å². The molecular formula is C10H14ClNO2. The van der Waals surface area contributed by atoms with Crippen molar-refractivity contribution in [3.05, 3.63) is 22.9 Å². The van der Waals surface area contributed by atoms with Gasteiger partial charge in [-0.2, -0.15) is 0 Å². The molecule has 0 aliphatic carbocycles. The highest BCUT2D eigenvalue weighted by molar-refractivity contribution is 6.34. The van der Waals surface area contributed by atoms with Gasteiger partial charge in [-0.3, -0.25) is 4.99 Å². The Morgan fingerprint density at radius 1 is 1.64 bits per heavy atom. The Kier molecular flexibility index (Phi) is 5.88. The van der Waals surface area contributed by atoms with Crippen LogP contribution >= 0.6 is 11.6 Å². The molecule has 0 aromatic carbocycles. The Hall–Kier alpha value is -1.09. The van der Waals surface area contributed by atoms with Crippen molar-refractivity contribution in [3.8, 4) is 0 Å². The van der Waals surface area contributed by atoms with Crippen LogP contribution in [0.5, 0.6) is 0 Å². The zero-order valence-electron chi connectivity index (χ0n) is 8.63. The van der Waals surface area contributed by atoms with E-state index in [0.717, 1.165) is 0 Å². The van der Waals surface area contributed by atoms with E-state index in [2.05, 4.69) is 11.6 Å². The van der Waals surface area contributed by atoms with Gasteiger partial charge in [0, 0.05) is 6.21 Å². The number of rotatable bonds is 4. The fraction of sp³-hybridized carbons (Fsp3) is 0.400. The normalized spacial score (nSPS) is 12.6. The Morgan fingerprint density at radius 3 is 2.64 bits per heavy atom. The second-order valence-corrected chi connectivity index (χ2v) is 2.87. The topological polar surface area (TPSA) is 38.7 Å². The molecule has 0 aromatic heterocycles. The highest BCUT2D eigenvalue weighted by Crippen LogP contribution is 2.19. The molecule has 0 aliphatic rings. The van der Waals surface area contributed by atoms with Crippen LogP contribution in [0.4, 0.5) is 0 Å². The van der Waals surface area contributed by atoms with Crippen molar-refractivity contribution in [2.24, 2.45) is 4.99 Å². The smallest absolute Gasteiger partial charge is 0.335 e. The fourth-order valence-corrected chi connectivity index (χ4v) is 0.884. The van der Waals surface area contributed by atoms with Crippen LogP contribution < -0.4 is 0 Å². The van der Waals surface area contributed by atoms with E-state index in [1.807, 2.05) is 0 Å². The molecule has 0 amide bonds. The standard InChI is InChI=1S/C10H14ClNO2/c1-5-12-8(4)9(11)7(3)10(13)14-6-2/h5H,4,6H2,1-3H3/b9-7-,12-5-. The summed E-state index contributed by atoms with van der Waals surface area (Å²) in [5.41, 5.74) is 0.684. The lowest BCUT2D eigenvalue weighted by Crippen LogP contribution is -2.06. The van der Waals surface area contributed by atoms with Crippen molar-refractivity contribution in [3.63, 3.8) is 0 Å². The molecule has 0 heterocycles. The third kappa shape index (κ3) is 3.75. The highest BCUT2D eigenvalue weighted by atomic mass is 35.5. The third-order valence-corrected chi connectivity index (χ3v) is 1.95. The van der Waals surface area contributed by atoms with Gasteiger partial charge < -0.3 is 4.74 Å². The first kappa shape index (κ1) is 12.9. The SMILES string of the molecule is C=C(/N=C\C)/C(Cl)=C(\C)C(=O)OCC. The monoisotopic (exact) mass is 215 g/mol. The Labute approximate surface area is 89.1 Å². The minimum absolute atomic E-state index is 0.238. The van der Waals surface area contributed by atoms with E-state index in [1.165, 1.54) is 0 Å². The minimum Gasteiger partial charge on any atom is -0.463 e. The molecule has 0 radical (unpaired) electrons. The number of esters is 1. The van der Waals surface area contributed by atoms with E-state index in [4.69, 9.17) is 16.3 Å². The number of hydrogen-bond donors (Lipinski definition) is 0. The quantitative estimate of drug-likeness (QED) is 0.313. The molecular weight excluding hydrogens is 202 g/mol. The predicted molar refractivity (Wildman–Crippen MR) is 58.5 cm³/mol. The minimum atomic E-state index is -0.440. The molecule has 0 aliphatic heterocycles. The molecule has 0 bridgehead atoms. The Balaban J connectivity index is 4.74. The lowest BCUT2D eigenvalue weighted by molar-refractivity contribution is -0.138. The van der Waals surface area contributed by atoms with Crippen LogP contribution in [0.25, 0.3) is 0 Å². The predicted octanol–water partition coefficient (Wildman–Crippen LogP) is 2.67. The zero-order valence-corrected chi connectivity index (χ0v) is 9.39. The summed E-state index contributed by atoms with van der Waals surface area (Å²) in [6.45, 7) is 9.00. The van der Waals surface area contributed by atoms with Crippen LogP contribution in [0.2, 0.25) is 0 Å². The zero-order chi connectivity index (χ0) is 11.1. The Bertz CT molecular complexity index is 292. The highest BCUT2D eigenvalue weighted by Gasteiger charge is 2.11.